The fourth-order valence-electron chi connectivity index (χ4n) is 4.14. The van der Waals surface area contributed by atoms with E-state index in [9.17, 15) is 12.8 Å². The van der Waals surface area contributed by atoms with E-state index in [1.807, 2.05) is 4.90 Å². The molecule has 0 aliphatic carbocycles. The minimum Gasteiger partial charge on any atom is -0.354 e. The van der Waals surface area contributed by atoms with Crippen LogP contribution in [0.1, 0.15) is 38.3 Å². The van der Waals surface area contributed by atoms with Crippen LogP contribution in [0, 0.1) is 5.82 Å². The number of guanidine groups is 1. The number of aliphatic imine (C=N–C) groups is 1. The summed E-state index contributed by atoms with van der Waals surface area (Å²) in [6.07, 6.45) is 2.16. The van der Waals surface area contributed by atoms with E-state index in [4.69, 9.17) is 11.6 Å². The molecule has 6 nitrogen and oxygen atoms in total. The molecule has 10 heteroatoms. The summed E-state index contributed by atoms with van der Waals surface area (Å²) < 4.78 is 38.4. The molecule has 2 fully saturated rings. The molecule has 0 amide bonds. The summed E-state index contributed by atoms with van der Waals surface area (Å²) in [5, 5.41) is 3.77. The van der Waals surface area contributed by atoms with Crippen LogP contribution in [0.3, 0.4) is 0 Å². The van der Waals surface area contributed by atoms with Crippen molar-refractivity contribution < 1.29 is 12.8 Å². The van der Waals surface area contributed by atoms with Crippen molar-refractivity contribution in [1.29, 1.82) is 0 Å². The van der Waals surface area contributed by atoms with Gasteiger partial charge in [-0.25, -0.2) is 12.8 Å². The summed E-state index contributed by atoms with van der Waals surface area (Å²) in [7, 11) is -1.45. The molecular formula is C20H31ClFIN4O2S. The quantitative estimate of drug-likeness (QED) is 0.341. The third-order valence-electron chi connectivity index (χ3n) is 5.92. The Labute approximate surface area is 201 Å². The maximum absolute atomic E-state index is 14.7. The van der Waals surface area contributed by atoms with Gasteiger partial charge in [0.1, 0.15) is 5.82 Å². The highest BCUT2D eigenvalue weighted by Crippen LogP contribution is 2.32. The van der Waals surface area contributed by atoms with Gasteiger partial charge in [-0.15, -0.1) is 24.0 Å². The molecule has 0 bridgehead atoms. The van der Waals surface area contributed by atoms with Crippen LogP contribution in [0.2, 0.25) is 5.02 Å². The van der Waals surface area contributed by atoms with Crippen LogP contribution in [0.5, 0.6) is 0 Å². The van der Waals surface area contributed by atoms with Crippen LogP contribution in [0.25, 0.3) is 0 Å². The van der Waals surface area contributed by atoms with Crippen molar-refractivity contribution in [3.05, 3.63) is 34.6 Å². The van der Waals surface area contributed by atoms with Crippen LogP contribution in [0.15, 0.2) is 23.2 Å². The first-order chi connectivity index (χ1) is 13.7. The SMILES string of the molecule is CN=C(NCC(c1c(F)cccc1Cl)N1CCCC1)N1CCS(=O)(=O)C(C)(C)C1.I. The molecule has 3 rings (SSSR count). The van der Waals surface area contributed by atoms with Crippen molar-refractivity contribution in [3.63, 3.8) is 0 Å². The van der Waals surface area contributed by atoms with Gasteiger partial charge < -0.3 is 10.2 Å². The zero-order valence-corrected chi connectivity index (χ0v) is 21.6. The fourth-order valence-corrected chi connectivity index (χ4v) is 5.80. The first kappa shape index (κ1) is 25.6. The Kier molecular flexibility index (Phi) is 8.80. The lowest BCUT2D eigenvalue weighted by Crippen LogP contribution is -2.57. The van der Waals surface area contributed by atoms with Gasteiger partial charge in [0.05, 0.1) is 16.5 Å². The van der Waals surface area contributed by atoms with Crippen LogP contribution in [-0.4, -0.2) is 74.4 Å². The zero-order valence-electron chi connectivity index (χ0n) is 17.7. The first-order valence-corrected chi connectivity index (χ1v) is 12.0. The number of nitrogens with one attached hydrogen (secondary N) is 1. The Morgan fingerprint density at radius 2 is 1.97 bits per heavy atom. The van der Waals surface area contributed by atoms with E-state index in [0.717, 1.165) is 25.9 Å². The first-order valence-electron chi connectivity index (χ1n) is 10.0. The summed E-state index contributed by atoms with van der Waals surface area (Å²) in [4.78, 5) is 8.56. The molecular weight excluding hydrogens is 542 g/mol. The van der Waals surface area contributed by atoms with Crippen molar-refractivity contribution in [2.75, 3.05) is 45.5 Å². The molecule has 30 heavy (non-hydrogen) atoms. The second kappa shape index (κ2) is 10.3. The molecule has 2 aliphatic heterocycles. The molecule has 170 valence electrons. The molecule has 2 saturated heterocycles. The normalized spacial score (nSPS) is 22.4. The highest BCUT2D eigenvalue weighted by Gasteiger charge is 2.41. The monoisotopic (exact) mass is 572 g/mol. The average molecular weight is 573 g/mol. The second-order valence-corrected chi connectivity index (χ2v) is 11.5. The van der Waals surface area contributed by atoms with E-state index in [-0.39, 0.29) is 41.6 Å². The number of rotatable bonds is 4. The molecule has 2 aliphatic rings. The number of hydrogen-bond donors (Lipinski definition) is 1. The number of sulfone groups is 1. The summed E-state index contributed by atoms with van der Waals surface area (Å²) in [6.45, 7) is 6.47. The molecule has 1 N–H and O–H groups in total. The third kappa shape index (κ3) is 5.39. The van der Waals surface area contributed by atoms with E-state index in [1.165, 1.54) is 6.07 Å². The molecule has 0 spiro atoms. The number of halogens is 3. The van der Waals surface area contributed by atoms with E-state index in [2.05, 4.69) is 15.2 Å². The Bertz CT molecular complexity index is 855. The standard InChI is InChI=1S/C20H30ClFN4O2S.HI/c1-20(2)14-26(11-12-29(20,27)28)19(23-3)24-13-17(25-9-4-5-10-25)18-15(21)7-6-8-16(18)22;/h6-8,17H,4-5,9-14H2,1-3H3,(H,23,24);1H. The van der Waals surface area contributed by atoms with Crippen molar-refractivity contribution in [2.45, 2.75) is 37.5 Å². The maximum atomic E-state index is 14.7. The van der Waals surface area contributed by atoms with Gasteiger partial charge in [0, 0.05) is 37.3 Å². The summed E-state index contributed by atoms with van der Waals surface area (Å²) in [5.74, 6) is 0.413. The van der Waals surface area contributed by atoms with Crippen LogP contribution in [0.4, 0.5) is 4.39 Å². The molecule has 0 saturated carbocycles. The lowest BCUT2D eigenvalue weighted by molar-refractivity contribution is 0.237. The lowest BCUT2D eigenvalue weighted by Gasteiger charge is -2.39. The van der Waals surface area contributed by atoms with Gasteiger partial charge in [-0.3, -0.25) is 9.89 Å². The number of hydrogen-bond acceptors (Lipinski definition) is 4. The molecule has 1 unspecified atom stereocenters. The van der Waals surface area contributed by atoms with Gasteiger partial charge in [0.15, 0.2) is 15.8 Å². The topological polar surface area (TPSA) is 65.0 Å². The second-order valence-electron chi connectivity index (χ2n) is 8.32. The Balaban J connectivity index is 0.00000320. The van der Waals surface area contributed by atoms with Gasteiger partial charge in [-0.2, -0.15) is 0 Å². The van der Waals surface area contributed by atoms with Gasteiger partial charge in [0.25, 0.3) is 0 Å². The van der Waals surface area contributed by atoms with Crippen molar-refractivity contribution in [1.82, 2.24) is 15.1 Å². The van der Waals surface area contributed by atoms with Crippen LogP contribution >= 0.6 is 35.6 Å². The van der Waals surface area contributed by atoms with Gasteiger partial charge >= 0.3 is 0 Å². The third-order valence-corrected chi connectivity index (χ3v) is 8.79. The molecule has 2 heterocycles. The van der Waals surface area contributed by atoms with Crippen molar-refractivity contribution >= 4 is 51.4 Å². The highest BCUT2D eigenvalue weighted by molar-refractivity contribution is 14.0. The number of nitrogens with zero attached hydrogens (tertiary/aromatic N) is 3. The predicted molar refractivity (Wildman–Crippen MR) is 131 cm³/mol. The van der Waals surface area contributed by atoms with Gasteiger partial charge in [-0.05, 0) is 51.9 Å². The fraction of sp³-hybridized carbons (Fsp3) is 0.650. The molecule has 0 radical (unpaired) electrons. The van der Waals surface area contributed by atoms with Crippen LogP contribution in [-0.2, 0) is 9.84 Å². The van der Waals surface area contributed by atoms with Gasteiger partial charge in [-0.1, -0.05) is 17.7 Å². The predicted octanol–water partition coefficient (Wildman–Crippen LogP) is 3.32. The van der Waals surface area contributed by atoms with E-state index in [0.29, 0.717) is 36.2 Å². The average Bonchev–Trinajstić information content (AvgIpc) is 3.17. The largest absolute Gasteiger partial charge is 0.354 e. The molecule has 0 aromatic heterocycles. The zero-order chi connectivity index (χ0) is 21.2. The van der Waals surface area contributed by atoms with Crippen molar-refractivity contribution in [2.24, 2.45) is 4.99 Å². The number of benzene rings is 1. The summed E-state index contributed by atoms with van der Waals surface area (Å²) in [6, 6.07) is 4.56. The number of likely N-dealkylation sites (tertiary alicyclic amines) is 1. The Morgan fingerprint density at radius 1 is 1.30 bits per heavy atom. The van der Waals surface area contributed by atoms with Crippen LogP contribution < -0.4 is 5.32 Å². The Hall–Kier alpha value is -0.650. The Morgan fingerprint density at radius 3 is 2.53 bits per heavy atom. The molecule has 1 atom stereocenters. The van der Waals surface area contributed by atoms with E-state index in [1.54, 1.807) is 33.0 Å². The van der Waals surface area contributed by atoms with E-state index < -0.39 is 14.6 Å². The highest BCUT2D eigenvalue weighted by atomic mass is 127. The van der Waals surface area contributed by atoms with Gasteiger partial charge in [0.2, 0.25) is 0 Å². The molecule has 1 aromatic rings. The minimum atomic E-state index is -3.13. The van der Waals surface area contributed by atoms with Crippen molar-refractivity contribution in [3.8, 4) is 0 Å². The maximum Gasteiger partial charge on any atom is 0.193 e. The summed E-state index contributed by atoms with van der Waals surface area (Å²) in [5.41, 5.74) is 0.501. The summed E-state index contributed by atoms with van der Waals surface area (Å²) >= 11 is 6.37. The smallest absolute Gasteiger partial charge is 0.193 e. The minimum absolute atomic E-state index is 0. The molecule has 1 aromatic carbocycles. The van der Waals surface area contributed by atoms with E-state index >= 15 is 0 Å². The lowest BCUT2D eigenvalue weighted by atomic mass is 10.0.